The molecule has 0 radical (unpaired) electrons. The Morgan fingerprint density at radius 3 is 2.67 bits per heavy atom. The zero-order valence-corrected chi connectivity index (χ0v) is 9.45. The third-order valence-corrected chi connectivity index (χ3v) is 2.01. The number of ether oxygens (including phenoxy) is 1. The van der Waals surface area contributed by atoms with Crippen molar-refractivity contribution < 1.29 is 9.15 Å². The molecule has 86 valence electrons. The van der Waals surface area contributed by atoms with E-state index in [1.165, 1.54) is 0 Å². The smallest absolute Gasteiger partial charge is 0.217 e. The highest BCUT2D eigenvalue weighted by Crippen LogP contribution is 2.03. The van der Waals surface area contributed by atoms with Gasteiger partial charge in [0.05, 0.1) is 0 Å². The number of hydrogen-bond donors (Lipinski definition) is 1. The molecule has 0 aliphatic heterocycles. The summed E-state index contributed by atoms with van der Waals surface area (Å²) in [5.41, 5.74) is 0. The van der Waals surface area contributed by atoms with Gasteiger partial charge in [-0.15, -0.1) is 10.2 Å². The molecule has 5 nitrogen and oxygen atoms in total. The van der Waals surface area contributed by atoms with Gasteiger partial charge in [0.25, 0.3) is 0 Å². The number of aryl methyl sites for hydroxylation is 1. The lowest BCUT2D eigenvalue weighted by Crippen LogP contribution is -2.16. The van der Waals surface area contributed by atoms with Gasteiger partial charge < -0.3 is 14.5 Å². The monoisotopic (exact) mass is 213 g/mol. The fourth-order valence-corrected chi connectivity index (χ4v) is 1.23. The van der Waals surface area contributed by atoms with Crippen molar-refractivity contribution in [2.75, 3.05) is 26.8 Å². The Labute approximate surface area is 90.2 Å². The molecule has 0 saturated carbocycles. The molecule has 0 bridgehead atoms. The second-order valence-corrected chi connectivity index (χ2v) is 3.29. The van der Waals surface area contributed by atoms with E-state index in [9.17, 15) is 0 Å². The molecule has 0 unspecified atom stereocenters. The number of methoxy groups -OCH3 is 1. The second kappa shape index (κ2) is 7.36. The fourth-order valence-electron chi connectivity index (χ4n) is 1.23. The van der Waals surface area contributed by atoms with Gasteiger partial charge in [0.1, 0.15) is 0 Å². The largest absolute Gasteiger partial charge is 0.425 e. The average molecular weight is 213 g/mol. The molecule has 0 aliphatic carbocycles. The Bertz CT molecular complexity index is 238. The van der Waals surface area contributed by atoms with Crippen LogP contribution in [0.1, 0.15) is 25.1 Å². The number of likely N-dealkylation sites (N-methyl/N-ethyl adjacent to an activating group) is 1. The quantitative estimate of drug-likeness (QED) is 0.647. The molecule has 1 aromatic rings. The van der Waals surface area contributed by atoms with E-state index < -0.39 is 0 Å². The molecule has 1 N–H and O–H groups in total. The normalized spacial score (nSPS) is 10.8. The van der Waals surface area contributed by atoms with Crippen molar-refractivity contribution in [2.45, 2.75) is 26.2 Å². The molecule has 0 aromatic carbocycles. The van der Waals surface area contributed by atoms with Crippen LogP contribution in [0.4, 0.5) is 0 Å². The zero-order valence-electron chi connectivity index (χ0n) is 9.45. The van der Waals surface area contributed by atoms with Gasteiger partial charge in [0.15, 0.2) is 0 Å². The minimum Gasteiger partial charge on any atom is -0.425 e. The minimum atomic E-state index is 0.707. The van der Waals surface area contributed by atoms with Crippen LogP contribution in [-0.2, 0) is 17.6 Å². The van der Waals surface area contributed by atoms with Gasteiger partial charge in [-0.05, 0) is 13.0 Å². The Kier molecular flexibility index (Phi) is 5.96. The van der Waals surface area contributed by atoms with Gasteiger partial charge in [0.2, 0.25) is 11.8 Å². The molecule has 0 saturated heterocycles. The maximum absolute atomic E-state index is 5.46. The van der Waals surface area contributed by atoms with E-state index in [1.54, 1.807) is 7.11 Å². The first-order valence-electron chi connectivity index (χ1n) is 5.37. The average Bonchev–Trinajstić information content (AvgIpc) is 2.67. The molecular weight excluding hydrogens is 194 g/mol. The van der Waals surface area contributed by atoms with E-state index in [0.29, 0.717) is 11.8 Å². The van der Waals surface area contributed by atoms with Crippen molar-refractivity contribution in [3.8, 4) is 0 Å². The van der Waals surface area contributed by atoms with E-state index in [-0.39, 0.29) is 0 Å². The zero-order chi connectivity index (χ0) is 10.9. The third kappa shape index (κ3) is 4.90. The van der Waals surface area contributed by atoms with Crippen molar-refractivity contribution in [1.29, 1.82) is 0 Å². The predicted octanol–water partition coefficient (Wildman–Crippen LogP) is 0.801. The van der Waals surface area contributed by atoms with Crippen LogP contribution in [-0.4, -0.2) is 37.0 Å². The van der Waals surface area contributed by atoms with E-state index in [0.717, 1.165) is 39.0 Å². The van der Waals surface area contributed by atoms with Crippen molar-refractivity contribution in [3.63, 3.8) is 0 Å². The Morgan fingerprint density at radius 2 is 2.00 bits per heavy atom. The SMILES string of the molecule is CCNCCc1nnc(CCCOC)o1. The van der Waals surface area contributed by atoms with E-state index in [4.69, 9.17) is 9.15 Å². The summed E-state index contributed by atoms with van der Waals surface area (Å²) in [5.74, 6) is 1.42. The van der Waals surface area contributed by atoms with Gasteiger partial charge >= 0.3 is 0 Å². The highest BCUT2D eigenvalue weighted by atomic mass is 16.5. The van der Waals surface area contributed by atoms with Gasteiger partial charge in [0, 0.05) is 33.1 Å². The second-order valence-electron chi connectivity index (χ2n) is 3.29. The summed E-state index contributed by atoms with van der Waals surface area (Å²) in [5, 5.41) is 11.1. The first kappa shape index (κ1) is 12.1. The van der Waals surface area contributed by atoms with Crippen molar-refractivity contribution >= 4 is 0 Å². The molecule has 0 amide bonds. The van der Waals surface area contributed by atoms with Crippen LogP contribution in [0.25, 0.3) is 0 Å². The molecular formula is C10H19N3O2. The highest BCUT2D eigenvalue weighted by Gasteiger charge is 2.04. The molecule has 0 fully saturated rings. The van der Waals surface area contributed by atoms with Crippen LogP contribution in [0.15, 0.2) is 4.42 Å². The van der Waals surface area contributed by atoms with Crippen LogP contribution in [0.3, 0.4) is 0 Å². The van der Waals surface area contributed by atoms with Crippen LogP contribution in [0.5, 0.6) is 0 Å². The maximum Gasteiger partial charge on any atom is 0.217 e. The van der Waals surface area contributed by atoms with E-state index >= 15 is 0 Å². The molecule has 0 atom stereocenters. The number of nitrogens with zero attached hydrogens (tertiary/aromatic N) is 2. The van der Waals surface area contributed by atoms with Crippen LogP contribution in [0, 0.1) is 0 Å². The number of aromatic nitrogens is 2. The molecule has 0 aliphatic rings. The molecule has 0 spiro atoms. The van der Waals surface area contributed by atoms with Crippen LogP contribution >= 0.6 is 0 Å². The lowest BCUT2D eigenvalue weighted by molar-refractivity contribution is 0.192. The lowest BCUT2D eigenvalue weighted by Gasteiger charge is -1.96. The van der Waals surface area contributed by atoms with Gasteiger partial charge in [-0.25, -0.2) is 0 Å². The molecule has 1 aromatic heterocycles. The Balaban J connectivity index is 2.23. The summed E-state index contributed by atoms with van der Waals surface area (Å²) in [6, 6.07) is 0. The number of rotatable bonds is 8. The highest BCUT2D eigenvalue weighted by molar-refractivity contribution is 4.82. The van der Waals surface area contributed by atoms with Crippen LogP contribution < -0.4 is 5.32 Å². The first-order valence-corrected chi connectivity index (χ1v) is 5.37. The summed E-state index contributed by atoms with van der Waals surface area (Å²) >= 11 is 0. The summed E-state index contributed by atoms with van der Waals surface area (Å²) in [7, 11) is 1.69. The fraction of sp³-hybridized carbons (Fsp3) is 0.800. The molecule has 5 heteroatoms. The Hall–Kier alpha value is -0.940. The number of nitrogens with one attached hydrogen (secondary N) is 1. The Morgan fingerprint density at radius 1 is 1.27 bits per heavy atom. The van der Waals surface area contributed by atoms with Gasteiger partial charge in [-0.3, -0.25) is 0 Å². The minimum absolute atomic E-state index is 0.707. The first-order chi connectivity index (χ1) is 7.36. The standard InChI is InChI=1S/C10H19N3O2/c1-3-11-7-6-10-13-12-9(15-10)5-4-8-14-2/h11H,3-8H2,1-2H3. The number of hydrogen-bond acceptors (Lipinski definition) is 5. The van der Waals surface area contributed by atoms with Gasteiger partial charge in [-0.2, -0.15) is 0 Å². The summed E-state index contributed by atoms with van der Waals surface area (Å²) < 4.78 is 10.4. The van der Waals surface area contributed by atoms with Gasteiger partial charge in [-0.1, -0.05) is 6.92 Å². The molecule has 1 heterocycles. The van der Waals surface area contributed by atoms with Crippen molar-refractivity contribution in [2.24, 2.45) is 0 Å². The molecule has 1 rings (SSSR count). The van der Waals surface area contributed by atoms with Crippen molar-refractivity contribution in [3.05, 3.63) is 11.8 Å². The van der Waals surface area contributed by atoms with E-state index in [1.807, 2.05) is 0 Å². The van der Waals surface area contributed by atoms with Crippen molar-refractivity contribution in [1.82, 2.24) is 15.5 Å². The predicted molar refractivity (Wildman–Crippen MR) is 56.7 cm³/mol. The molecule has 15 heavy (non-hydrogen) atoms. The summed E-state index contributed by atoms with van der Waals surface area (Å²) in [6.07, 6.45) is 2.51. The third-order valence-electron chi connectivity index (χ3n) is 2.01. The summed E-state index contributed by atoms with van der Waals surface area (Å²) in [4.78, 5) is 0. The maximum atomic E-state index is 5.46. The van der Waals surface area contributed by atoms with Crippen LogP contribution in [0.2, 0.25) is 0 Å². The lowest BCUT2D eigenvalue weighted by atomic mass is 10.3. The summed E-state index contributed by atoms with van der Waals surface area (Å²) in [6.45, 7) is 4.66. The topological polar surface area (TPSA) is 60.2 Å². The van der Waals surface area contributed by atoms with E-state index in [2.05, 4.69) is 22.4 Å².